The van der Waals surface area contributed by atoms with Crippen LogP contribution in [0, 0.1) is 6.92 Å². The highest BCUT2D eigenvalue weighted by Gasteiger charge is 2.27. The second-order valence-electron chi connectivity index (χ2n) is 5.51. The van der Waals surface area contributed by atoms with Crippen LogP contribution in [0.2, 0.25) is 5.02 Å². The molecular weight excluding hydrogens is 399 g/mol. The van der Waals surface area contributed by atoms with Crippen molar-refractivity contribution in [1.82, 2.24) is 0 Å². The van der Waals surface area contributed by atoms with Gasteiger partial charge in [-0.15, -0.1) is 0 Å². The van der Waals surface area contributed by atoms with Gasteiger partial charge in [0.15, 0.2) is 0 Å². The Bertz CT molecular complexity index is 944. The molecule has 0 bridgehead atoms. The van der Waals surface area contributed by atoms with Crippen molar-refractivity contribution in [3.8, 4) is 0 Å². The predicted molar refractivity (Wildman–Crippen MR) is 102 cm³/mol. The number of amides is 1. The standard InChI is InChI=1S/C17H16Cl2N2O4S/c1-11-9-14(5-8-16(11)18)21(10-17(19)23)26(24,25)15-6-3-13(4-7-15)20-12(2)22/h3-9H,10H2,1-2H3,(H,20,22). The number of anilines is 2. The van der Waals surface area contributed by atoms with Crippen molar-refractivity contribution in [1.29, 1.82) is 0 Å². The molecule has 0 saturated carbocycles. The summed E-state index contributed by atoms with van der Waals surface area (Å²) in [7, 11) is -4.05. The molecule has 0 aliphatic carbocycles. The zero-order valence-corrected chi connectivity index (χ0v) is 16.3. The number of benzene rings is 2. The first-order chi connectivity index (χ1) is 12.1. The average Bonchev–Trinajstić information content (AvgIpc) is 2.55. The van der Waals surface area contributed by atoms with E-state index in [0.717, 1.165) is 4.31 Å². The fourth-order valence-electron chi connectivity index (χ4n) is 2.25. The van der Waals surface area contributed by atoms with Crippen molar-refractivity contribution in [3.05, 3.63) is 53.1 Å². The first-order valence-corrected chi connectivity index (χ1v) is 9.66. The van der Waals surface area contributed by atoms with Gasteiger partial charge in [-0.1, -0.05) is 11.6 Å². The fraction of sp³-hybridized carbons (Fsp3) is 0.176. The minimum atomic E-state index is -4.05. The Morgan fingerprint density at radius 1 is 1.12 bits per heavy atom. The maximum Gasteiger partial charge on any atom is 0.264 e. The third-order valence-electron chi connectivity index (χ3n) is 3.46. The summed E-state index contributed by atoms with van der Waals surface area (Å²) in [5.41, 5.74) is 1.39. The molecule has 2 aromatic rings. The number of hydrogen-bond acceptors (Lipinski definition) is 4. The molecule has 1 N–H and O–H groups in total. The predicted octanol–water partition coefficient (Wildman–Crippen LogP) is 3.57. The summed E-state index contributed by atoms with van der Waals surface area (Å²) in [5, 5.41) is 2.20. The molecule has 0 aromatic heterocycles. The van der Waals surface area contributed by atoms with Crippen molar-refractivity contribution in [2.75, 3.05) is 16.2 Å². The van der Waals surface area contributed by atoms with Gasteiger partial charge in [-0.3, -0.25) is 13.9 Å². The number of nitrogens with one attached hydrogen (secondary N) is 1. The molecule has 0 atom stereocenters. The van der Waals surface area contributed by atoms with Crippen LogP contribution >= 0.6 is 23.2 Å². The van der Waals surface area contributed by atoms with E-state index in [1.165, 1.54) is 37.3 Å². The zero-order chi connectivity index (χ0) is 19.5. The third kappa shape index (κ3) is 4.75. The SMILES string of the molecule is CC(=O)Nc1ccc(S(=O)(=O)N(CC(=O)Cl)c2ccc(Cl)c(C)c2)cc1. The summed E-state index contributed by atoms with van der Waals surface area (Å²) in [6, 6.07) is 10.2. The van der Waals surface area contributed by atoms with Gasteiger partial charge in [0.05, 0.1) is 10.6 Å². The number of aryl methyl sites for hydroxylation is 1. The molecule has 0 spiro atoms. The van der Waals surface area contributed by atoms with Crippen LogP contribution in [0.5, 0.6) is 0 Å². The number of sulfonamides is 1. The van der Waals surface area contributed by atoms with E-state index in [1.54, 1.807) is 19.1 Å². The number of carbonyl (C=O) groups is 2. The van der Waals surface area contributed by atoms with Crippen LogP contribution in [-0.4, -0.2) is 26.1 Å². The molecule has 0 saturated heterocycles. The Morgan fingerprint density at radius 2 is 1.73 bits per heavy atom. The fourth-order valence-corrected chi connectivity index (χ4v) is 3.97. The minimum absolute atomic E-state index is 0.0443. The molecule has 1 amide bonds. The zero-order valence-electron chi connectivity index (χ0n) is 14.0. The van der Waals surface area contributed by atoms with E-state index in [2.05, 4.69) is 5.32 Å². The van der Waals surface area contributed by atoms with Crippen LogP contribution in [0.3, 0.4) is 0 Å². The molecule has 6 nitrogen and oxygen atoms in total. The molecule has 2 rings (SSSR count). The molecule has 0 aliphatic rings. The summed E-state index contributed by atoms with van der Waals surface area (Å²) in [4.78, 5) is 22.4. The van der Waals surface area contributed by atoms with Gasteiger partial charge in [0.1, 0.15) is 6.54 Å². The Morgan fingerprint density at radius 3 is 2.23 bits per heavy atom. The first-order valence-electron chi connectivity index (χ1n) is 7.46. The van der Waals surface area contributed by atoms with Crippen LogP contribution in [0.15, 0.2) is 47.4 Å². The van der Waals surface area contributed by atoms with Gasteiger partial charge in [0.25, 0.3) is 10.0 Å². The van der Waals surface area contributed by atoms with E-state index in [1.807, 2.05) is 0 Å². The largest absolute Gasteiger partial charge is 0.326 e. The Hall–Kier alpha value is -2.09. The third-order valence-corrected chi connectivity index (χ3v) is 5.79. The lowest BCUT2D eigenvalue weighted by molar-refractivity contribution is -0.114. The number of carbonyl (C=O) groups excluding carboxylic acids is 2. The van der Waals surface area contributed by atoms with E-state index >= 15 is 0 Å². The lowest BCUT2D eigenvalue weighted by Gasteiger charge is -2.23. The monoisotopic (exact) mass is 414 g/mol. The Balaban J connectivity index is 2.46. The summed E-state index contributed by atoms with van der Waals surface area (Å²) < 4.78 is 26.9. The van der Waals surface area contributed by atoms with Crippen LogP contribution in [0.1, 0.15) is 12.5 Å². The maximum atomic E-state index is 13.0. The molecular formula is C17H16Cl2N2O4S. The quantitative estimate of drug-likeness (QED) is 0.732. The van der Waals surface area contributed by atoms with Gasteiger partial charge in [-0.05, 0) is 66.6 Å². The Kier molecular flexibility index (Phi) is 6.28. The average molecular weight is 415 g/mol. The van der Waals surface area contributed by atoms with E-state index in [-0.39, 0.29) is 16.5 Å². The van der Waals surface area contributed by atoms with Gasteiger partial charge in [-0.25, -0.2) is 8.42 Å². The molecule has 0 unspecified atom stereocenters. The Labute approximate surface area is 161 Å². The van der Waals surface area contributed by atoms with Gasteiger partial charge >= 0.3 is 0 Å². The topological polar surface area (TPSA) is 83.6 Å². The van der Waals surface area contributed by atoms with Crippen molar-refractivity contribution in [3.63, 3.8) is 0 Å². The summed E-state index contributed by atoms with van der Waals surface area (Å²) in [6.45, 7) is 2.54. The molecule has 0 fully saturated rings. The van der Waals surface area contributed by atoms with Crippen LogP contribution < -0.4 is 9.62 Å². The van der Waals surface area contributed by atoms with Crippen molar-refractivity contribution < 1.29 is 18.0 Å². The highest BCUT2D eigenvalue weighted by molar-refractivity contribution is 7.92. The van der Waals surface area contributed by atoms with Crippen molar-refractivity contribution >= 4 is 55.7 Å². The molecule has 0 aliphatic heterocycles. The van der Waals surface area contributed by atoms with Crippen LogP contribution in [-0.2, 0) is 19.6 Å². The lowest BCUT2D eigenvalue weighted by atomic mass is 10.2. The molecule has 2 aromatic carbocycles. The highest BCUT2D eigenvalue weighted by atomic mass is 35.5. The molecule has 9 heteroatoms. The summed E-state index contributed by atoms with van der Waals surface area (Å²) in [5.74, 6) is -0.272. The number of hydrogen-bond donors (Lipinski definition) is 1. The number of nitrogens with zero attached hydrogens (tertiary/aromatic N) is 1. The first kappa shape index (κ1) is 20.2. The van der Waals surface area contributed by atoms with Gasteiger partial charge in [0, 0.05) is 17.6 Å². The van der Waals surface area contributed by atoms with E-state index in [0.29, 0.717) is 16.3 Å². The normalized spacial score (nSPS) is 11.1. The highest BCUT2D eigenvalue weighted by Crippen LogP contribution is 2.28. The van der Waals surface area contributed by atoms with E-state index in [4.69, 9.17) is 23.2 Å². The van der Waals surface area contributed by atoms with E-state index in [9.17, 15) is 18.0 Å². The molecule has 26 heavy (non-hydrogen) atoms. The summed E-state index contributed by atoms with van der Waals surface area (Å²) >= 11 is 11.4. The number of halogens is 2. The summed E-state index contributed by atoms with van der Waals surface area (Å²) in [6.07, 6.45) is 0. The maximum absolute atomic E-state index is 13.0. The molecule has 0 heterocycles. The van der Waals surface area contributed by atoms with Gasteiger partial charge in [-0.2, -0.15) is 0 Å². The van der Waals surface area contributed by atoms with Crippen LogP contribution in [0.25, 0.3) is 0 Å². The van der Waals surface area contributed by atoms with Crippen molar-refractivity contribution in [2.24, 2.45) is 0 Å². The molecule has 138 valence electrons. The van der Waals surface area contributed by atoms with Crippen molar-refractivity contribution in [2.45, 2.75) is 18.7 Å². The number of rotatable bonds is 6. The second-order valence-corrected chi connectivity index (χ2v) is 8.20. The second kappa shape index (κ2) is 8.07. The van der Waals surface area contributed by atoms with E-state index < -0.39 is 21.8 Å². The van der Waals surface area contributed by atoms with Crippen LogP contribution in [0.4, 0.5) is 11.4 Å². The molecule has 0 radical (unpaired) electrons. The van der Waals surface area contributed by atoms with Gasteiger partial charge in [0.2, 0.25) is 11.1 Å². The minimum Gasteiger partial charge on any atom is -0.326 e. The lowest BCUT2D eigenvalue weighted by Crippen LogP contribution is -2.34. The van der Waals surface area contributed by atoms with Gasteiger partial charge < -0.3 is 5.32 Å². The smallest absolute Gasteiger partial charge is 0.264 e.